The average Bonchev–Trinajstić information content (AvgIpc) is 2.65. The molecule has 0 radical (unpaired) electrons. The summed E-state index contributed by atoms with van der Waals surface area (Å²) in [6.45, 7) is 29.4. The van der Waals surface area contributed by atoms with Crippen LogP contribution in [0.1, 0.15) is 90.0 Å². The first-order valence-corrected chi connectivity index (χ1v) is 16.8. The topological polar surface area (TPSA) is 54.0 Å². The number of ether oxygens (including phenoxy) is 2. The minimum absolute atomic E-state index is 0.158. The van der Waals surface area contributed by atoms with E-state index in [0.717, 1.165) is 6.29 Å². The Labute approximate surface area is 201 Å². The molecule has 0 aromatic rings. The Morgan fingerprint density at radius 2 is 1.09 bits per heavy atom. The highest BCUT2D eigenvalue weighted by atomic mass is 28.4. The molecule has 0 bridgehead atoms. The van der Waals surface area contributed by atoms with Gasteiger partial charge in [-0.3, -0.25) is 0 Å². The summed E-state index contributed by atoms with van der Waals surface area (Å²) < 4.78 is 25.2. The lowest BCUT2D eigenvalue weighted by molar-refractivity contribution is -0.143. The first-order valence-electron chi connectivity index (χ1n) is 12.5. The summed E-state index contributed by atoms with van der Waals surface area (Å²) in [4.78, 5) is 12.7. The largest absolute Gasteiger partial charge is 0.405 e. The van der Waals surface area contributed by atoms with Crippen LogP contribution < -0.4 is 0 Å². The lowest BCUT2D eigenvalue weighted by Crippen LogP contribution is -2.63. The maximum atomic E-state index is 12.7. The Bertz CT molecular complexity index is 505. The van der Waals surface area contributed by atoms with Crippen LogP contribution >= 0.6 is 0 Å². The number of methoxy groups -OCH3 is 1. The van der Waals surface area contributed by atoms with Crippen molar-refractivity contribution in [1.82, 2.24) is 0 Å². The first-order chi connectivity index (χ1) is 14.6. The van der Waals surface area contributed by atoms with Crippen molar-refractivity contribution in [3.05, 3.63) is 0 Å². The van der Waals surface area contributed by atoms with Gasteiger partial charge in [0.15, 0.2) is 6.29 Å². The third-order valence-electron chi connectivity index (χ3n) is 7.47. The van der Waals surface area contributed by atoms with E-state index in [1.807, 2.05) is 6.92 Å². The molecular weight excluding hydrogens is 436 g/mol. The van der Waals surface area contributed by atoms with Crippen LogP contribution in [0.25, 0.3) is 0 Å². The highest BCUT2D eigenvalue weighted by molar-refractivity contribution is 6.78. The molecule has 32 heavy (non-hydrogen) atoms. The van der Waals surface area contributed by atoms with Crippen LogP contribution in [-0.2, 0) is 23.1 Å². The van der Waals surface area contributed by atoms with Crippen molar-refractivity contribution in [2.24, 2.45) is 0 Å². The van der Waals surface area contributed by atoms with E-state index in [-0.39, 0.29) is 13.4 Å². The third-order valence-corrected chi connectivity index (χ3v) is 19.8. The third kappa shape index (κ3) is 6.75. The number of hydrogen-bond donors (Lipinski definition) is 0. The van der Waals surface area contributed by atoms with Gasteiger partial charge in [0, 0.05) is 7.11 Å². The summed E-state index contributed by atoms with van der Waals surface area (Å²) in [5.41, 5.74) is 1.39. The van der Waals surface area contributed by atoms with E-state index in [9.17, 15) is 4.79 Å². The molecule has 192 valence electrons. The smallest absolute Gasteiger partial charge is 0.201 e. The van der Waals surface area contributed by atoms with Crippen LogP contribution in [0.3, 0.4) is 0 Å². The summed E-state index contributed by atoms with van der Waals surface area (Å²) >= 11 is 0. The van der Waals surface area contributed by atoms with Gasteiger partial charge in [-0.1, -0.05) is 83.1 Å². The van der Waals surface area contributed by atoms with Gasteiger partial charge in [-0.05, 0) is 40.2 Å². The molecule has 0 rings (SSSR count). The van der Waals surface area contributed by atoms with Gasteiger partial charge in [0.25, 0.3) is 0 Å². The van der Waals surface area contributed by atoms with E-state index in [2.05, 4.69) is 83.1 Å². The van der Waals surface area contributed by atoms with Crippen LogP contribution in [0.5, 0.6) is 0 Å². The van der Waals surface area contributed by atoms with Gasteiger partial charge < -0.3 is 23.1 Å². The van der Waals surface area contributed by atoms with E-state index in [1.54, 1.807) is 7.11 Å². The van der Waals surface area contributed by atoms with Gasteiger partial charge in [0.05, 0.1) is 6.61 Å². The molecule has 0 spiro atoms. The Kier molecular flexibility index (Phi) is 13.1. The predicted octanol–water partition coefficient (Wildman–Crippen LogP) is 7.32. The molecule has 0 unspecified atom stereocenters. The fourth-order valence-corrected chi connectivity index (χ4v) is 17.4. The summed E-state index contributed by atoms with van der Waals surface area (Å²) in [7, 11) is -3.01. The molecule has 7 heteroatoms. The zero-order valence-electron chi connectivity index (χ0n) is 23.6. The molecular formula is C25H54O5Si2. The molecule has 0 aliphatic carbocycles. The van der Waals surface area contributed by atoms with Crippen LogP contribution in [-0.4, -0.2) is 55.1 Å². The highest BCUT2D eigenvalue weighted by Gasteiger charge is 2.55. The van der Waals surface area contributed by atoms with E-state index < -0.39 is 28.3 Å². The fourth-order valence-electron chi connectivity index (χ4n) is 6.18. The molecule has 0 saturated heterocycles. The lowest BCUT2D eigenvalue weighted by Gasteiger charge is -2.52. The van der Waals surface area contributed by atoms with Gasteiger partial charge >= 0.3 is 0 Å². The zero-order chi connectivity index (χ0) is 25.5. The maximum absolute atomic E-state index is 12.7. The molecule has 0 fully saturated rings. The Balaban J connectivity index is 6.60. The minimum Gasteiger partial charge on any atom is -0.405 e. The first kappa shape index (κ1) is 31.9. The molecule has 0 aromatic carbocycles. The van der Waals surface area contributed by atoms with Crippen LogP contribution in [0.2, 0.25) is 33.2 Å². The highest BCUT2D eigenvalue weighted by Crippen LogP contribution is 2.48. The van der Waals surface area contributed by atoms with Crippen molar-refractivity contribution < 1.29 is 23.1 Å². The average molecular weight is 491 g/mol. The number of hydrogen-bond acceptors (Lipinski definition) is 5. The van der Waals surface area contributed by atoms with Crippen molar-refractivity contribution in [3.8, 4) is 0 Å². The quantitative estimate of drug-likeness (QED) is 0.0981. The van der Waals surface area contributed by atoms with E-state index in [4.69, 9.17) is 18.3 Å². The van der Waals surface area contributed by atoms with Crippen LogP contribution in [0.4, 0.5) is 0 Å². The van der Waals surface area contributed by atoms with Crippen molar-refractivity contribution in [1.29, 1.82) is 0 Å². The summed E-state index contributed by atoms with van der Waals surface area (Å²) in [5.74, 6) is 0. The summed E-state index contributed by atoms with van der Waals surface area (Å²) in [6, 6.07) is 0. The predicted molar refractivity (Wildman–Crippen MR) is 140 cm³/mol. The Morgan fingerprint density at radius 1 is 0.719 bits per heavy atom. The van der Waals surface area contributed by atoms with Gasteiger partial charge in [-0.25, -0.2) is 0 Å². The molecule has 2 atom stereocenters. The number of carbonyl (C=O) groups is 1. The molecule has 5 nitrogen and oxygen atoms in total. The normalized spacial score (nSPS) is 16.6. The molecule has 0 amide bonds. The monoisotopic (exact) mass is 490 g/mol. The maximum Gasteiger partial charge on any atom is 0.201 e. The minimum atomic E-state index is -2.31. The van der Waals surface area contributed by atoms with Crippen molar-refractivity contribution in [2.45, 2.75) is 135 Å². The van der Waals surface area contributed by atoms with Gasteiger partial charge in [0.2, 0.25) is 16.6 Å². The lowest BCUT2D eigenvalue weighted by atomic mass is 10.0. The van der Waals surface area contributed by atoms with Crippen molar-refractivity contribution in [2.75, 3.05) is 20.5 Å². The van der Waals surface area contributed by atoms with Crippen LogP contribution in [0, 0.1) is 0 Å². The Morgan fingerprint density at radius 3 is 1.38 bits per heavy atom. The van der Waals surface area contributed by atoms with Gasteiger partial charge in [-0.15, -0.1) is 0 Å². The molecule has 0 aromatic heterocycles. The zero-order valence-corrected chi connectivity index (χ0v) is 25.6. The van der Waals surface area contributed by atoms with Crippen molar-refractivity contribution in [3.63, 3.8) is 0 Å². The van der Waals surface area contributed by atoms with E-state index >= 15 is 0 Å². The molecule has 0 saturated carbocycles. The second-order valence-corrected chi connectivity index (χ2v) is 22.3. The standard InChI is InChI=1S/C25H54O5Si2/c1-18(2)31(19(3)4,20(5)6)29-24(15-26)25(13,16-28-17-27-14)30-32(21(7)8,22(9)10)23(11)12/h15,18-24H,16-17H2,1-14H3/t24-,25-/m0/s1. The second-order valence-electron chi connectivity index (χ2n) is 11.5. The number of rotatable bonds is 16. The molecule has 0 aliphatic rings. The van der Waals surface area contributed by atoms with E-state index in [0.29, 0.717) is 33.2 Å². The fraction of sp³-hybridized carbons (Fsp3) is 0.960. The van der Waals surface area contributed by atoms with E-state index in [1.165, 1.54) is 0 Å². The second kappa shape index (κ2) is 13.1. The summed E-state index contributed by atoms with van der Waals surface area (Å²) in [6.07, 6.45) is 0.270. The number of aldehydes is 1. The molecule has 0 heterocycles. The van der Waals surface area contributed by atoms with Crippen LogP contribution in [0.15, 0.2) is 0 Å². The van der Waals surface area contributed by atoms with Gasteiger partial charge in [0.1, 0.15) is 18.5 Å². The Hall–Kier alpha value is -0.0562. The number of carbonyl (C=O) groups excluding carboxylic acids is 1. The molecule has 0 aliphatic heterocycles. The summed E-state index contributed by atoms with van der Waals surface area (Å²) in [5, 5.41) is 0. The molecule has 0 N–H and O–H groups in total. The SMILES string of the molecule is COCOC[C@](C)(O[Si](C(C)C)(C(C)C)C(C)C)[C@H](C=O)O[Si](C(C)C)(C(C)C)C(C)C. The van der Waals surface area contributed by atoms with Gasteiger partial charge in [-0.2, -0.15) is 0 Å². The van der Waals surface area contributed by atoms with Crippen molar-refractivity contribution >= 4 is 22.9 Å².